The fraction of sp³-hybridized carbons (Fsp3) is 0.780. The standard InChI is InChI=1S/C41H59NO6/c1-9-37(4)30-17-20-40(7)31(38(30,5)19-18-32(37)48-35(45)26-10-12-27(47-8)13-11-26)15-14-29-34-28(25(2)3)16-21-41(34,23-22-39(29,40)6)36(46)42-24-33(43)44/h1,10-12,25,27-32,34H,13-24H2,2-8H3,(H,42,46)(H,43,44)/t27?,28?,29?,30?,31?,32-,34?,37+,38+,39-,40-,41+/m1/s1. The van der Waals surface area contributed by atoms with Gasteiger partial charge in [0.05, 0.1) is 22.5 Å². The topological polar surface area (TPSA) is 102 Å². The molecule has 2 N–H and O–H groups in total. The molecule has 0 aromatic heterocycles. The number of hydrogen-bond donors (Lipinski definition) is 2. The van der Waals surface area contributed by atoms with Crippen LogP contribution in [0.25, 0.3) is 0 Å². The molecule has 6 unspecified atom stereocenters. The summed E-state index contributed by atoms with van der Waals surface area (Å²) in [4.78, 5) is 38.8. The second kappa shape index (κ2) is 12.3. The van der Waals surface area contributed by atoms with E-state index in [0.717, 1.165) is 64.2 Å². The number of carboxylic acids is 1. The lowest BCUT2D eigenvalue weighted by Crippen LogP contribution is -2.67. The summed E-state index contributed by atoms with van der Waals surface area (Å²) in [6, 6.07) is 0. The minimum atomic E-state index is -0.986. The first-order valence-corrected chi connectivity index (χ1v) is 18.7. The van der Waals surface area contributed by atoms with E-state index in [2.05, 4.69) is 52.8 Å². The maximum atomic E-state index is 14.0. The van der Waals surface area contributed by atoms with Crippen LogP contribution in [0.4, 0.5) is 0 Å². The third-order valence-corrected chi connectivity index (χ3v) is 16.0. The number of esters is 1. The normalized spacial score (nSPS) is 46.2. The average Bonchev–Trinajstić information content (AvgIpc) is 3.46. The summed E-state index contributed by atoms with van der Waals surface area (Å²) in [6.07, 6.45) is 22.1. The van der Waals surface area contributed by atoms with Gasteiger partial charge in [0.1, 0.15) is 12.6 Å². The summed E-state index contributed by atoms with van der Waals surface area (Å²) in [5.41, 5.74) is -0.289. The molecule has 6 aliphatic rings. The number of hydrogen-bond acceptors (Lipinski definition) is 5. The van der Waals surface area contributed by atoms with E-state index in [1.807, 2.05) is 18.2 Å². The first-order chi connectivity index (χ1) is 22.6. The zero-order valence-corrected chi connectivity index (χ0v) is 30.4. The van der Waals surface area contributed by atoms with Crippen molar-refractivity contribution in [3.05, 3.63) is 23.8 Å². The van der Waals surface area contributed by atoms with Crippen LogP contribution < -0.4 is 5.32 Å². The van der Waals surface area contributed by atoms with Crippen LogP contribution in [-0.4, -0.2) is 48.8 Å². The number of amides is 1. The number of carbonyl (C=O) groups excluding carboxylic acids is 2. The molecule has 0 aromatic rings. The van der Waals surface area contributed by atoms with Crippen molar-refractivity contribution in [2.24, 2.45) is 62.6 Å². The van der Waals surface area contributed by atoms with Crippen LogP contribution in [0.15, 0.2) is 23.8 Å². The van der Waals surface area contributed by atoms with Gasteiger partial charge in [-0.3, -0.25) is 9.59 Å². The number of methoxy groups -OCH3 is 1. The van der Waals surface area contributed by atoms with Crippen LogP contribution in [0.2, 0.25) is 0 Å². The molecule has 7 nitrogen and oxygen atoms in total. The van der Waals surface area contributed by atoms with Gasteiger partial charge in [-0.15, -0.1) is 6.42 Å². The van der Waals surface area contributed by atoms with E-state index in [1.54, 1.807) is 7.11 Å². The fourth-order valence-electron chi connectivity index (χ4n) is 13.3. The number of carbonyl (C=O) groups is 3. The van der Waals surface area contributed by atoms with Crippen molar-refractivity contribution in [3.8, 4) is 12.3 Å². The number of nitrogens with one attached hydrogen (secondary N) is 1. The predicted molar refractivity (Wildman–Crippen MR) is 185 cm³/mol. The molecule has 0 heterocycles. The van der Waals surface area contributed by atoms with E-state index in [0.29, 0.717) is 35.7 Å². The zero-order valence-electron chi connectivity index (χ0n) is 30.4. The Labute approximate surface area is 288 Å². The SMILES string of the molecule is C#C[C@@]1(C)C2CC[C@]3(C)C(CCC4C5C(C(C)C)CC[C@]5(C(=O)NCC(=O)O)CC[C@]43C)[C@@]2(C)CC[C@H]1OC(=O)C1=CCC(OC)C=C1. The fourth-order valence-corrected chi connectivity index (χ4v) is 13.3. The largest absolute Gasteiger partial charge is 0.480 e. The Morgan fingerprint density at radius 3 is 2.35 bits per heavy atom. The summed E-state index contributed by atoms with van der Waals surface area (Å²) < 4.78 is 11.7. The van der Waals surface area contributed by atoms with Crippen molar-refractivity contribution >= 4 is 17.8 Å². The summed E-state index contributed by atoms with van der Waals surface area (Å²) in [5, 5.41) is 12.2. The third-order valence-electron chi connectivity index (χ3n) is 16.0. The molecule has 7 heteroatoms. The molecule has 264 valence electrons. The highest BCUT2D eigenvalue weighted by Crippen LogP contribution is 2.77. The van der Waals surface area contributed by atoms with Gasteiger partial charge in [0.2, 0.25) is 5.91 Å². The van der Waals surface area contributed by atoms with Crippen LogP contribution in [0.3, 0.4) is 0 Å². The van der Waals surface area contributed by atoms with Gasteiger partial charge in [0, 0.05) is 7.11 Å². The smallest absolute Gasteiger partial charge is 0.338 e. The average molecular weight is 662 g/mol. The summed E-state index contributed by atoms with van der Waals surface area (Å²) in [6.45, 7) is 14.1. The number of fused-ring (bicyclic) bond motifs is 7. The summed E-state index contributed by atoms with van der Waals surface area (Å²) in [5.74, 6) is 4.26. The highest BCUT2D eigenvalue weighted by atomic mass is 16.5. The number of carboxylic acid groups (broad SMARTS) is 1. The molecular weight excluding hydrogens is 602 g/mol. The van der Waals surface area contributed by atoms with E-state index in [-0.39, 0.29) is 58.7 Å². The monoisotopic (exact) mass is 661 g/mol. The molecule has 6 rings (SSSR count). The third kappa shape index (κ3) is 5.04. The van der Waals surface area contributed by atoms with Crippen molar-refractivity contribution in [2.45, 2.75) is 124 Å². The maximum Gasteiger partial charge on any atom is 0.338 e. The number of aliphatic carboxylic acids is 1. The van der Waals surface area contributed by atoms with Crippen molar-refractivity contribution in [1.29, 1.82) is 0 Å². The van der Waals surface area contributed by atoms with E-state index in [4.69, 9.17) is 15.9 Å². The van der Waals surface area contributed by atoms with Crippen LogP contribution in [0.1, 0.15) is 112 Å². The van der Waals surface area contributed by atoms with Crippen LogP contribution in [0.5, 0.6) is 0 Å². The summed E-state index contributed by atoms with van der Waals surface area (Å²) >= 11 is 0. The lowest BCUT2D eigenvalue weighted by atomic mass is 9.32. The highest BCUT2D eigenvalue weighted by Gasteiger charge is 2.72. The van der Waals surface area contributed by atoms with Gasteiger partial charge in [-0.2, -0.15) is 0 Å². The van der Waals surface area contributed by atoms with Crippen LogP contribution in [0, 0.1) is 74.9 Å². The molecule has 5 fully saturated rings. The Morgan fingerprint density at radius 2 is 1.73 bits per heavy atom. The van der Waals surface area contributed by atoms with Gasteiger partial charge in [-0.25, -0.2) is 4.79 Å². The van der Waals surface area contributed by atoms with Gasteiger partial charge in [0.25, 0.3) is 0 Å². The van der Waals surface area contributed by atoms with Gasteiger partial charge in [-0.1, -0.05) is 52.7 Å². The Kier molecular flexibility index (Phi) is 9.05. The Morgan fingerprint density at radius 1 is 0.979 bits per heavy atom. The van der Waals surface area contributed by atoms with Gasteiger partial charge in [-0.05, 0) is 135 Å². The zero-order chi connectivity index (χ0) is 34.9. The van der Waals surface area contributed by atoms with E-state index >= 15 is 0 Å². The number of ether oxygens (including phenoxy) is 2. The molecular formula is C41H59NO6. The maximum absolute atomic E-state index is 14.0. The minimum absolute atomic E-state index is 0.0130. The van der Waals surface area contributed by atoms with Gasteiger partial charge < -0.3 is 19.9 Å². The van der Waals surface area contributed by atoms with Crippen molar-refractivity contribution < 1.29 is 29.0 Å². The van der Waals surface area contributed by atoms with Crippen molar-refractivity contribution in [1.82, 2.24) is 5.32 Å². The highest BCUT2D eigenvalue weighted by molar-refractivity contribution is 5.92. The van der Waals surface area contributed by atoms with Gasteiger partial charge >= 0.3 is 11.9 Å². The molecule has 48 heavy (non-hydrogen) atoms. The number of rotatable bonds is 7. The molecule has 6 aliphatic carbocycles. The van der Waals surface area contributed by atoms with Gasteiger partial charge in [0.15, 0.2) is 0 Å². The Hall–Kier alpha value is -2.59. The molecule has 0 saturated heterocycles. The first-order valence-electron chi connectivity index (χ1n) is 18.7. The quantitative estimate of drug-likeness (QED) is 0.219. The van der Waals surface area contributed by atoms with Crippen LogP contribution >= 0.6 is 0 Å². The van der Waals surface area contributed by atoms with Crippen molar-refractivity contribution in [2.75, 3.05) is 13.7 Å². The molecule has 0 aliphatic heterocycles. The Bertz CT molecular complexity index is 1430. The molecule has 0 radical (unpaired) electrons. The molecule has 0 bridgehead atoms. The lowest BCUT2D eigenvalue weighted by Gasteiger charge is -2.72. The van der Waals surface area contributed by atoms with E-state index in [1.165, 1.54) is 0 Å². The molecule has 5 saturated carbocycles. The predicted octanol–water partition coefficient (Wildman–Crippen LogP) is 7.35. The molecule has 0 aromatic carbocycles. The Balaban J connectivity index is 1.27. The molecule has 1 amide bonds. The van der Waals surface area contributed by atoms with Crippen molar-refractivity contribution in [3.63, 3.8) is 0 Å². The van der Waals surface area contributed by atoms with E-state index < -0.39 is 16.8 Å². The van der Waals surface area contributed by atoms with E-state index in [9.17, 15) is 19.5 Å². The molecule has 0 spiro atoms. The second-order valence-electron chi connectivity index (χ2n) is 17.8. The minimum Gasteiger partial charge on any atom is -0.480 e. The van der Waals surface area contributed by atoms with Crippen LogP contribution in [-0.2, 0) is 23.9 Å². The summed E-state index contributed by atoms with van der Waals surface area (Å²) in [7, 11) is 1.67. The first kappa shape index (κ1) is 35.2. The number of terminal acetylenes is 1. The second-order valence-corrected chi connectivity index (χ2v) is 17.8. The molecule has 12 atom stereocenters. The lowest BCUT2D eigenvalue weighted by molar-refractivity contribution is -0.245.